The minimum absolute atomic E-state index is 0.0108. The van der Waals surface area contributed by atoms with Crippen molar-refractivity contribution in [2.75, 3.05) is 25.7 Å². The molecular weight excluding hydrogens is 822 g/mol. The van der Waals surface area contributed by atoms with Crippen LogP contribution in [0.25, 0.3) is 21.8 Å². The van der Waals surface area contributed by atoms with Crippen molar-refractivity contribution in [3.8, 4) is 0 Å². The van der Waals surface area contributed by atoms with Crippen molar-refractivity contribution >= 4 is 78.6 Å². The van der Waals surface area contributed by atoms with Crippen LogP contribution in [0.3, 0.4) is 0 Å². The third-order valence-corrected chi connectivity index (χ3v) is 15.2. The number of carbonyl (C=O) groups is 2. The number of esters is 2. The molecule has 1 saturated heterocycles. The number of nitrogens with zero attached hydrogens (tertiary/aromatic N) is 4. The van der Waals surface area contributed by atoms with E-state index in [0.29, 0.717) is 10.9 Å². The van der Waals surface area contributed by atoms with E-state index in [1.54, 1.807) is 32.0 Å². The van der Waals surface area contributed by atoms with E-state index in [1.807, 2.05) is 27.7 Å². The molecule has 0 bridgehead atoms. The highest BCUT2D eigenvalue weighted by molar-refractivity contribution is 7.93. The van der Waals surface area contributed by atoms with Crippen molar-refractivity contribution in [1.82, 2.24) is 19.1 Å². The molecule has 0 amide bonds. The van der Waals surface area contributed by atoms with Crippen LogP contribution >= 0.6 is 0 Å². The number of sulfone groups is 2. The lowest BCUT2D eigenvalue weighted by Crippen LogP contribution is -2.45. The summed E-state index contributed by atoms with van der Waals surface area (Å²) in [5.41, 5.74) is -0.0582. The van der Waals surface area contributed by atoms with E-state index in [9.17, 15) is 46.1 Å². The molecule has 22 heteroatoms. The molecule has 2 aromatic heterocycles. The molecule has 2 atom stereocenters. The van der Waals surface area contributed by atoms with Crippen LogP contribution < -0.4 is 22.0 Å². The molecule has 1 aliphatic rings. The Bertz CT molecular complexity index is 2600. The number of carbonyl (C=O) groups excluding carboxylic acids is 2. The molecule has 1 aliphatic heterocycles. The molecular formula is C38H52B2N4O14S2. The number of benzene rings is 2. The maximum Gasteiger partial charge on any atom is 0.494 e. The fourth-order valence-electron chi connectivity index (χ4n) is 6.07. The van der Waals surface area contributed by atoms with Crippen LogP contribution in [0.4, 0.5) is 0 Å². The van der Waals surface area contributed by atoms with Gasteiger partial charge in [-0.15, -0.1) is 0 Å². The van der Waals surface area contributed by atoms with Crippen molar-refractivity contribution in [2.45, 2.75) is 102 Å². The van der Waals surface area contributed by atoms with Gasteiger partial charge in [-0.1, -0.05) is 12.1 Å². The number of hydrogen-bond donors (Lipinski definition) is 2. The summed E-state index contributed by atoms with van der Waals surface area (Å²) in [6.45, 7) is 13.7. The van der Waals surface area contributed by atoms with Crippen LogP contribution in [-0.2, 0) is 61.1 Å². The Labute approximate surface area is 349 Å². The Morgan fingerprint density at radius 2 is 1.15 bits per heavy atom. The second kappa shape index (κ2) is 17.9. The van der Waals surface area contributed by atoms with Crippen LogP contribution in [0.2, 0.25) is 0 Å². The molecule has 3 heterocycles. The Morgan fingerprint density at radius 1 is 0.750 bits per heavy atom. The second-order valence-corrected chi connectivity index (χ2v) is 20.8. The summed E-state index contributed by atoms with van der Waals surface area (Å²) in [6, 6.07) is 9.35. The van der Waals surface area contributed by atoms with Gasteiger partial charge >= 0.3 is 26.2 Å². The molecule has 18 nitrogen and oxygen atoms in total. The zero-order valence-electron chi connectivity index (χ0n) is 35.4. The van der Waals surface area contributed by atoms with Crippen molar-refractivity contribution in [3.63, 3.8) is 0 Å². The molecule has 5 rings (SSSR count). The van der Waals surface area contributed by atoms with Gasteiger partial charge < -0.3 is 28.8 Å². The standard InChI is InChI=1S/C22H31BN2O7S.C16H21BN2O7S/c1-8-30-19(27)22(6,33(7,28)29)11-12-25-14-24-17-13-15(9-10-16(17)18(25)26)23-31-20(2,3)21(4,5)32-23;1-4-26-15(21)16(2,27(3,24)25)7-8-19-10-18-13-9-11(17(22)23)5-6-12(13)14(19)20/h9-10,13-14H,8,11-12H2,1-7H3;5-6,9-10,22-23H,4,7-8H2,1-3H3/t22-;16-/m11/s1. The number of aromatic nitrogens is 4. The minimum Gasteiger partial charge on any atom is -0.465 e. The van der Waals surface area contributed by atoms with Crippen LogP contribution in [-0.4, -0.2) is 119 Å². The fraction of sp³-hybridized carbons (Fsp3) is 0.526. The van der Waals surface area contributed by atoms with Gasteiger partial charge in [0.25, 0.3) is 11.1 Å². The van der Waals surface area contributed by atoms with E-state index >= 15 is 0 Å². The Morgan fingerprint density at radius 3 is 1.53 bits per heavy atom. The number of rotatable bonds is 14. The topological polar surface area (TPSA) is 250 Å². The first-order valence-corrected chi connectivity index (χ1v) is 22.9. The predicted octanol–water partition coefficient (Wildman–Crippen LogP) is 0.285. The lowest BCUT2D eigenvalue weighted by atomic mass is 9.79. The van der Waals surface area contributed by atoms with Gasteiger partial charge in [-0.2, -0.15) is 0 Å². The summed E-state index contributed by atoms with van der Waals surface area (Å²) in [7, 11) is -9.84. The quantitative estimate of drug-likeness (QED) is 0.128. The smallest absolute Gasteiger partial charge is 0.465 e. The lowest BCUT2D eigenvalue weighted by Gasteiger charge is -2.32. The molecule has 0 aliphatic carbocycles. The summed E-state index contributed by atoms with van der Waals surface area (Å²) in [5.74, 6) is -1.70. The molecule has 0 unspecified atom stereocenters. The average Bonchev–Trinajstić information content (AvgIpc) is 3.38. The zero-order chi connectivity index (χ0) is 45.2. The van der Waals surface area contributed by atoms with Gasteiger partial charge in [0.2, 0.25) is 0 Å². The summed E-state index contributed by atoms with van der Waals surface area (Å²) in [5, 5.41) is 19.0. The van der Waals surface area contributed by atoms with Gasteiger partial charge in [0.05, 0.1) is 58.9 Å². The van der Waals surface area contributed by atoms with Gasteiger partial charge in [-0.25, -0.2) is 26.8 Å². The van der Waals surface area contributed by atoms with E-state index in [-0.39, 0.29) is 61.1 Å². The summed E-state index contributed by atoms with van der Waals surface area (Å²) < 4.78 is 69.9. The molecule has 2 N–H and O–H groups in total. The zero-order valence-corrected chi connectivity index (χ0v) is 37.0. The fourth-order valence-corrected chi connectivity index (χ4v) is 7.72. The molecule has 326 valence electrons. The highest BCUT2D eigenvalue weighted by Gasteiger charge is 2.52. The summed E-state index contributed by atoms with van der Waals surface area (Å²) in [4.78, 5) is 58.6. The summed E-state index contributed by atoms with van der Waals surface area (Å²) in [6.07, 6.45) is 4.24. The number of aryl methyl sites for hydroxylation is 2. The van der Waals surface area contributed by atoms with Gasteiger partial charge in [0, 0.05) is 25.6 Å². The molecule has 0 spiro atoms. The lowest BCUT2D eigenvalue weighted by molar-refractivity contribution is -0.147. The van der Waals surface area contributed by atoms with Crippen LogP contribution in [0.5, 0.6) is 0 Å². The third kappa shape index (κ3) is 9.84. The van der Waals surface area contributed by atoms with Crippen molar-refractivity contribution < 1.29 is 55.3 Å². The van der Waals surface area contributed by atoms with Crippen molar-refractivity contribution in [3.05, 3.63) is 69.8 Å². The van der Waals surface area contributed by atoms with Gasteiger partial charge in [0.1, 0.15) is 0 Å². The Kier molecular flexibility index (Phi) is 14.3. The van der Waals surface area contributed by atoms with E-state index in [2.05, 4.69) is 9.97 Å². The van der Waals surface area contributed by atoms with Gasteiger partial charge in [-0.3, -0.25) is 28.3 Å². The van der Waals surface area contributed by atoms with Crippen LogP contribution in [0.1, 0.15) is 68.2 Å². The van der Waals surface area contributed by atoms with Crippen LogP contribution in [0.15, 0.2) is 58.6 Å². The normalized spacial score (nSPS) is 17.0. The van der Waals surface area contributed by atoms with Gasteiger partial charge in [-0.05, 0) is 103 Å². The molecule has 1 fully saturated rings. The number of hydrogen-bond acceptors (Lipinski definition) is 16. The largest absolute Gasteiger partial charge is 0.494 e. The van der Waals surface area contributed by atoms with E-state index in [0.717, 1.165) is 18.0 Å². The highest BCUT2D eigenvalue weighted by Crippen LogP contribution is 2.36. The molecule has 4 aromatic rings. The van der Waals surface area contributed by atoms with E-state index < -0.39 is 72.1 Å². The SMILES string of the molecule is CCOC(=O)[C@@](C)(CCn1cnc2cc(B(O)O)ccc2c1=O)S(C)(=O)=O.CCOC(=O)[C@@](C)(CCn1cnc2cc(B3OC(C)(C)C(C)(C)O3)ccc2c1=O)S(C)(=O)=O. The first-order chi connectivity index (χ1) is 27.6. The highest BCUT2D eigenvalue weighted by atomic mass is 32.2. The Balaban J connectivity index is 0.000000270. The first kappa shape index (κ1) is 48.2. The minimum atomic E-state index is -3.79. The molecule has 0 saturated carbocycles. The second-order valence-electron chi connectivity index (χ2n) is 15.9. The number of ether oxygens (including phenoxy) is 2. The third-order valence-electron chi connectivity index (χ3n) is 11.2. The average molecular weight is 875 g/mol. The van der Waals surface area contributed by atoms with E-state index in [1.165, 1.54) is 53.8 Å². The van der Waals surface area contributed by atoms with Crippen LogP contribution in [0, 0.1) is 0 Å². The maximum absolute atomic E-state index is 13.0. The van der Waals surface area contributed by atoms with Gasteiger partial charge in [0.15, 0.2) is 29.2 Å². The molecule has 2 aromatic carbocycles. The summed E-state index contributed by atoms with van der Waals surface area (Å²) >= 11 is 0. The molecule has 0 radical (unpaired) electrons. The number of fused-ring (bicyclic) bond motifs is 2. The van der Waals surface area contributed by atoms with Crippen molar-refractivity contribution in [2.24, 2.45) is 0 Å². The van der Waals surface area contributed by atoms with E-state index in [4.69, 9.17) is 18.8 Å². The molecule has 60 heavy (non-hydrogen) atoms. The maximum atomic E-state index is 13.0. The monoisotopic (exact) mass is 874 g/mol. The Hall–Kier alpha value is -4.47. The predicted molar refractivity (Wildman–Crippen MR) is 227 cm³/mol. The van der Waals surface area contributed by atoms with Crippen molar-refractivity contribution in [1.29, 1.82) is 0 Å². The first-order valence-electron chi connectivity index (χ1n) is 19.1.